The van der Waals surface area contributed by atoms with Crippen molar-refractivity contribution in [1.29, 1.82) is 0 Å². The number of aliphatic carboxylic acids is 1. The van der Waals surface area contributed by atoms with E-state index in [9.17, 15) is 9.59 Å². The van der Waals surface area contributed by atoms with Gasteiger partial charge in [0.25, 0.3) is 5.91 Å². The number of benzene rings is 1. The highest BCUT2D eigenvalue weighted by atomic mass is 79.9. The fraction of sp³-hybridized carbons (Fsp3) is 0.308. The molecule has 0 spiro atoms. The highest BCUT2D eigenvalue weighted by Gasteiger charge is 2.33. The van der Waals surface area contributed by atoms with Crippen LogP contribution in [0.1, 0.15) is 12.0 Å². The zero-order valence-corrected chi connectivity index (χ0v) is 12.3. The van der Waals surface area contributed by atoms with Crippen molar-refractivity contribution in [3.05, 3.63) is 34.3 Å². The number of nitrogens with zero attached hydrogens (tertiary/aromatic N) is 2. The third kappa shape index (κ3) is 3.16. The van der Waals surface area contributed by atoms with E-state index in [-0.39, 0.29) is 18.0 Å². The standard InChI is InChI=1S/C13H13BrN2O4/c1-16(7-8-4-2-3-5-9(8)14)12(17)11-6-10(13(18)19)15-20-11/h2-5,11H,6-7H2,1H3,(H,18,19). The Labute approximate surface area is 124 Å². The van der Waals surface area contributed by atoms with E-state index in [0.29, 0.717) is 6.54 Å². The first-order valence-electron chi connectivity index (χ1n) is 5.93. The third-order valence-corrected chi connectivity index (χ3v) is 3.71. The molecule has 1 aliphatic rings. The maximum atomic E-state index is 12.1. The Morgan fingerprint density at radius 2 is 2.20 bits per heavy atom. The van der Waals surface area contributed by atoms with Crippen molar-refractivity contribution in [2.45, 2.75) is 19.1 Å². The molecule has 1 amide bonds. The number of oxime groups is 1. The molecule has 1 N–H and O–H groups in total. The van der Waals surface area contributed by atoms with Crippen LogP contribution in [-0.2, 0) is 21.0 Å². The third-order valence-electron chi connectivity index (χ3n) is 2.93. The summed E-state index contributed by atoms with van der Waals surface area (Å²) in [6, 6.07) is 7.58. The zero-order chi connectivity index (χ0) is 14.7. The Bertz CT molecular complexity index is 573. The maximum absolute atomic E-state index is 12.1. The first kappa shape index (κ1) is 14.5. The van der Waals surface area contributed by atoms with Gasteiger partial charge in [0, 0.05) is 24.5 Å². The molecule has 1 aliphatic heterocycles. The van der Waals surface area contributed by atoms with E-state index < -0.39 is 12.1 Å². The molecule has 0 saturated heterocycles. The molecule has 6 nitrogen and oxygen atoms in total. The minimum Gasteiger partial charge on any atom is -0.477 e. The second-order valence-electron chi connectivity index (χ2n) is 4.43. The van der Waals surface area contributed by atoms with Gasteiger partial charge in [-0.05, 0) is 11.6 Å². The number of carboxylic acid groups (broad SMARTS) is 1. The van der Waals surface area contributed by atoms with E-state index in [1.54, 1.807) is 7.05 Å². The van der Waals surface area contributed by atoms with Crippen LogP contribution in [0.15, 0.2) is 33.9 Å². The van der Waals surface area contributed by atoms with Gasteiger partial charge >= 0.3 is 5.97 Å². The van der Waals surface area contributed by atoms with Crippen LogP contribution in [0.5, 0.6) is 0 Å². The largest absolute Gasteiger partial charge is 0.477 e. The number of carbonyl (C=O) groups is 2. The summed E-state index contributed by atoms with van der Waals surface area (Å²) in [4.78, 5) is 29.3. The fourth-order valence-electron chi connectivity index (χ4n) is 1.84. The van der Waals surface area contributed by atoms with Crippen molar-refractivity contribution in [2.75, 3.05) is 7.05 Å². The lowest BCUT2D eigenvalue weighted by atomic mass is 10.1. The molecule has 2 rings (SSSR count). The van der Waals surface area contributed by atoms with Gasteiger partial charge in [-0.25, -0.2) is 4.79 Å². The van der Waals surface area contributed by atoms with Crippen molar-refractivity contribution >= 4 is 33.5 Å². The van der Waals surface area contributed by atoms with E-state index >= 15 is 0 Å². The Hall–Kier alpha value is -1.89. The van der Waals surface area contributed by atoms with Gasteiger partial charge in [0.15, 0.2) is 5.71 Å². The topological polar surface area (TPSA) is 79.2 Å². The summed E-state index contributed by atoms with van der Waals surface area (Å²) in [5.74, 6) is -1.45. The number of rotatable bonds is 4. The van der Waals surface area contributed by atoms with Crippen LogP contribution >= 0.6 is 15.9 Å². The molecule has 0 fully saturated rings. The number of likely N-dealkylation sites (N-methyl/N-ethyl adjacent to an activating group) is 1. The Morgan fingerprint density at radius 3 is 2.80 bits per heavy atom. The minimum absolute atomic E-state index is 0.00549. The normalized spacial score (nSPS) is 17.3. The van der Waals surface area contributed by atoms with Gasteiger partial charge in [-0.15, -0.1) is 0 Å². The van der Waals surface area contributed by atoms with E-state index in [0.717, 1.165) is 10.0 Å². The molecular formula is C13H13BrN2O4. The zero-order valence-electron chi connectivity index (χ0n) is 10.7. The number of hydrogen-bond acceptors (Lipinski definition) is 4. The van der Waals surface area contributed by atoms with Gasteiger partial charge in [-0.2, -0.15) is 0 Å². The smallest absolute Gasteiger partial charge is 0.353 e. The SMILES string of the molecule is CN(Cc1ccccc1Br)C(=O)C1CC(C(=O)O)=NO1. The summed E-state index contributed by atoms with van der Waals surface area (Å²) in [6.45, 7) is 0.405. The van der Waals surface area contributed by atoms with Crippen molar-refractivity contribution < 1.29 is 19.5 Å². The molecule has 0 saturated carbocycles. The maximum Gasteiger partial charge on any atom is 0.353 e. The highest BCUT2D eigenvalue weighted by Crippen LogP contribution is 2.19. The fourth-order valence-corrected chi connectivity index (χ4v) is 2.25. The van der Waals surface area contributed by atoms with Crippen LogP contribution in [0, 0.1) is 0 Å². The number of halogens is 1. The molecule has 106 valence electrons. The summed E-state index contributed by atoms with van der Waals surface area (Å²) >= 11 is 3.42. The second kappa shape index (κ2) is 6.04. The Morgan fingerprint density at radius 1 is 1.50 bits per heavy atom. The summed E-state index contributed by atoms with van der Waals surface area (Å²) < 4.78 is 0.912. The molecule has 20 heavy (non-hydrogen) atoms. The van der Waals surface area contributed by atoms with E-state index in [1.165, 1.54) is 4.90 Å². The van der Waals surface area contributed by atoms with Gasteiger partial charge in [0.05, 0.1) is 0 Å². The first-order valence-corrected chi connectivity index (χ1v) is 6.72. The van der Waals surface area contributed by atoms with E-state index in [2.05, 4.69) is 21.1 Å². The monoisotopic (exact) mass is 340 g/mol. The summed E-state index contributed by atoms with van der Waals surface area (Å²) in [7, 11) is 1.64. The molecule has 1 unspecified atom stereocenters. The summed E-state index contributed by atoms with van der Waals surface area (Å²) in [5, 5.41) is 12.2. The molecule has 0 radical (unpaired) electrons. The van der Waals surface area contributed by atoms with Crippen molar-refractivity contribution in [1.82, 2.24) is 4.90 Å². The second-order valence-corrected chi connectivity index (χ2v) is 5.28. The van der Waals surface area contributed by atoms with E-state index in [1.807, 2.05) is 24.3 Å². The Kier molecular flexibility index (Phi) is 4.39. The average molecular weight is 341 g/mol. The molecule has 1 aromatic carbocycles. The number of amides is 1. The van der Waals surface area contributed by atoms with Gasteiger partial charge in [-0.1, -0.05) is 39.3 Å². The predicted octanol–water partition coefficient (Wildman–Crippen LogP) is 1.64. The molecular weight excluding hydrogens is 328 g/mol. The van der Waals surface area contributed by atoms with Crippen LogP contribution in [0.3, 0.4) is 0 Å². The predicted molar refractivity (Wildman–Crippen MR) is 75.2 cm³/mol. The highest BCUT2D eigenvalue weighted by molar-refractivity contribution is 9.10. The van der Waals surface area contributed by atoms with Gasteiger partial charge in [0.1, 0.15) is 0 Å². The molecule has 0 aliphatic carbocycles. The molecule has 1 atom stereocenters. The van der Waals surface area contributed by atoms with Crippen molar-refractivity contribution in [3.8, 4) is 0 Å². The average Bonchev–Trinajstić information content (AvgIpc) is 2.90. The Balaban J connectivity index is 1.97. The molecule has 0 bridgehead atoms. The number of carbonyl (C=O) groups excluding carboxylic acids is 1. The molecule has 1 aromatic rings. The van der Waals surface area contributed by atoms with Gasteiger partial charge in [0.2, 0.25) is 6.10 Å². The van der Waals surface area contributed by atoms with Crippen LogP contribution < -0.4 is 0 Å². The number of carboxylic acids is 1. The van der Waals surface area contributed by atoms with Crippen LogP contribution in [0.2, 0.25) is 0 Å². The summed E-state index contributed by atoms with van der Waals surface area (Å²) in [5.41, 5.74) is 0.832. The van der Waals surface area contributed by atoms with Crippen LogP contribution in [-0.4, -0.2) is 40.7 Å². The van der Waals surface area contributed by atoms with Crippen LogP contribution in [0.4, 0.5) is 0 Å². The van der Waals surface area contributed by atoms with E-state index in [4.69, 9.17) is 9.94 Å². The quantitative estimate of drug-likeness (QED) is 0.903. The summed E-state index contributed by atoms with van der Waals surface area (Å²) in [6.07, 6.45) is -0.859. The van der Waals surface area contributed by atoms with Gasteiger partial charge < -0.3 is 14.8 Å². The van der Waals surface area contributed by atoms with Crippen molar-refractivity contribution in [2.24, 2.45) is 5.16 Å². The first-order chi connectivity index (χ1) is 9.49. The number of hydrogen-bond donors (Lipinski definition) is 1. The van der Waals surface area contributed by atoms with Gasteiger partial charge in [-0.3, -0.25) is 4.79 Å². The minimum atomic E-state index is -1.16. The molecule has 0 aromatic heterocycles. The molecule has 7 heteroatoms. The molecule has 1 heterocycles. The lowest BCUT2D eigenvalue weighted by Crippen LogP contribution is -2.36. The van der Waals surface area contributed by atoms with Crippen LogP contribution in [0.25, 0.3) is 0 Å². The lowest BCUT2D eigenvalue weighted by Gasteiger charge is -2.20. The van der Waals surface area contributed by atoms with Crippen molar-refractivity contribution in [3.63, 3.8) is 0 Å². The lowest BCUT2D eigenvalue weighted by molar-refractivity contribution is -0.141.